The van der Waals surface area contributed by atoms with Crippen molar-refractivity contribution in [3.63, 3.8) is 0 Å². The van der Waals surface area contributed by atoms with Crippen LogP contribution in [0, 0.1) is 0 Å². The molecule has 0 atom stereocenters. The van der Waals surface area contributed by atoms with Gasteiger partial charge in [0.1, 0.15) is 4.83 Å². The molecule has 0 radical (unpaired) electrons. The molecule has 1 amide bonds. The smallest absolute Gasteiger partial charge is 0.260 e. The van der Waals surface area contributed by atoms with Gasteiger partial charge in [0.15, 0.2) is 5.16 Å². The number of carbonyl (C=O) groups excluding carboxylic acids is 1. The molecule has 4 aromatic rings. The molecule has 0 saturated carbocycles. The number of thiophene rings is 1. The van der Waals surface area contributed by atoms with E-state index in [2.05, 4.69) is 41.3 Å². The molecule has 0 aliphatic carbocycles. The zero-order valence-corrected chi connectivity index (χ0v) is 23.9. The van der Waals surface area contributed by atoms with Crippen molar-refractivity contribution in [1.29, 1.82) is 0 Å². The van der Waals surface area contributed by atoms with Crippen LogP contribution in [-0.2, 0) is 19.6 Å². The first-order valence-corrected chi connectivity index (χ1v) is 15.8. The van der Waals surface area contributed by atoms with Gasteiger partial charge in [0, 0.05) is 29.7 Å². The second kappa shape index (κ2) is 11.6. The third-order valence-corrected chi connectivity index (χ3v) is 10.1. The molecule has 1 aliphatic rings. The van der Waals surface area contributed by atoms with Crippen LogP contribution in [0.25, 0.3) is 21.3 Å². The third kappa shape index (κ3) is 6.10. The van der Waals surface area contributed by atoms with Crippen LogP contribution in [0.4, 0.5) is 5.69 Å². The van der Waals surface area contributed by atoms with Crippen LogP contribution in [0.1, 0.15) is 25.3 Å². The Hall–Kier alpha value is -3.03. The number of H-pyrrole nitrogens is 1. The van der Waals surface area contributed by atoms with E-state index in [-0.39, 0.29) is 22.1 Å². The maximum absolute atomic E-state index is 12.9. The quantitative estimate of drug-likeness (QED) is 0.231. The maximum Gasteiger partial charge on any atom is 0.260 e. The summed E-state index contributed by atoms with van der Waals surface area (Å²) in [6, 6.07) is 14.3. The van der Waals surface area contributed by atoms with Gasteiger partial charge < -0.3 is 15.0 Å². The van der Waals surface area contributed by atoms with Gasteiger partial charge in [-0.2, -0.15) is 4.31 Å². The van der Waals surface area contributed by atoms with Crippen molar-refractivity contribution in [2.45, 2.75) is 29.8 Å². The number of thioether (sulfide) groups is 1. The van der Waals surface area contributed by atoms with Crippen molar-refractivity contribution >= 4 is 54.9 Å². The fourth-order valence-corrected chi connectivity index (χ4v) is 7.31. The van der Waals surface area contributed by atoms with Gasteiger partial charge in [-0.05, 0) is 41.3 Å². The minimum absolute atomic E-state index is 0.0250. The van der Waals surface area contributed by atoms with Crippen LogP contribution >= 0.6 is 23.1 Å². The Labute approximate surface area is 234 Å². The van der Waals surface area contributed by atoms with E-state index in [4.69, 9.17) is 4.74 Å². The molecule has 1 aliphatic heterocycles. The number of aromatic nitrogens is 2. The molecule has 0 bridgehead atoms. The number of benzene rings is 2. The molecule has 204 valence electrons. The van der Waals surface area contributed by atoms with Crippen LogP contribution < -0.4 is 10.9 Å². The van der Waals surface area contributed by atoms with Crippen molar-refractivity contribution < 1.29 is 17.9 Å². The summed E-state index contributed by atoms with van der Waals surface area (Å²) >= 11 is 2.52. The van der Waals surface area contributed by atoms with Crippen molar-refractivity contribution in [1.82, 2.24) is 14.3 Å². The summed E-state index contributed by atoms with van der Waals surface area (Å²) in [4.78, 5) is 33.6. The largest absolute Gasteiger partial charge is 0.379 e. The zero-order chi connectivity index (χ0) is 27.6. The van der Waals surface area contributed by atoms with Gasteiger partial charge >= 0.3 is 0 Å². The van der Waals surface area contributed by atoms with Gasteiger partial charge in [0.25, 0.3) is 5.56 Å². The molecule has 12 heteroatoms. The van der Waals surface area contributed by atoms with E-state index in [0.717, 1.165) is 22.9 Å². The second-order valence-electron chi connectivity index (χ2n) is 9.36. The number of ether oxygens (including phenoxy) is 1. The molecule has 5 rings (SSSR count). The van der Waals surface area contributed by atoms with Crippen LogP contribution in [0.3, 0.4) is 0 Å². The van der Waals surface area contributed by atoms with Crippen LogP contribution in [0.15, 0.2) is 68.8 Å². The lowest BCUT2D eigenvalue weighted by atomic mass is 9.99. The number of carbonyl (C=O) groups is 1. The van der Waals surface area contributed by atoms with Crippen LogP contribution in [0.5, 0.6) is 0 Å². The van der Waals surface area contributed by atoms with Crippen molar-refractivity contribution in [2.75, 3.05) is 37.4 Å². The molecule has 2 N–H and O–H groups in total. The first kappa shape index (κ1) is 27.5. The highest BCUT2D eigenvalue weighted by atomic mass is 32.2. The number of nitrogens with zero attached hydrogens (tertiary/aromatic N) is 2. The standard InChI is InChI=1S/C27H28N4O5S3/c1-17(2)18-3-5-19(6-4-18)22-15-37-26-24(22)25(33)29-27(30-26)38-16-23(32)28-20-7-9-21(10-8-20)39(34,35)31-11-13-36-14-12-31/h3-10,15,17H,11-14,16H2,1-2H3,(H,28,32)(H,29,30,33). The van der Waals surface area contributed by atoms with Crippen LogP contribution in [-0.4, -0.2) is 60.7 Å². The Balaban J connectivity index is 1.22. The Bertz CT molecular complexity index is 1640. The maximum atomic E-state index is 12.9. The van der Waals surface area contributed by atoms with E-state index in [9.17, 15) is 18.0 Å². The number of sulfonamides is 1. The lowest BCUT2D eigenvalue weighted by molar-refractivity contribution is -0.113. The first-order chi connectivity index (χ1) is 18.7. The molecule has 1 fully saturated rings. The van der Waals surface area contributed by atoms with Crippen molar-refractivity contribution in [2.24, 2.45) is 0 Å². The number of hydrogen-bond donors (Lipinski definition) is 2. The molecule has 3 heterocycles. The average Bonchev–Trinajstić information content (AvgIpc) is 3.37. The van der Waals surface area contributed by atoms with E-state index >= 15 is 0 Å². The summed E-state index contributed by atoms with van der Waals surface area (Å²) in [6.45, 7) is 5.66. The normalized spacial score (nSPS) is 14.6. The highest BCUT2D eigenvalue weighted by Crippen LogP contribution is 2.32. The lowest BCUT2D eigenvalue weighted by Crippen LogP contribution is -2.40. The Kier molecular flexibility index (Phi) is 8.19. The predicted molar refractivity (Wildman–Crippen MR) is 155 cm³/mol. The Morgan fingerprint density at radius 1 is 1.13 bits per heavy atom. The van der Waals surface area contributed by atoms with Gasteiger partial charge in [-0.25, -0.2) is 13.4 Å². The minimum Gasteiger partial charge on any atom is -0.379 e. The molecule has 2 aromatic heterocycles. The van der Waals surface area contributed by atoms with Gasteiger partial charge in [0.2, 0.25) is 15.9 Å². The van der Waals surface area contributed by atoms with E-state index < -0.39 is 10.0 Å². The number of amides is 1. The van der Waals surface area contributed by atoms with E-state index in [1.807, 2.05) is 17.5 Å². The van der Waals surface area contributed by atoms with Crippen molar-refractivity contribution in [3.05, 3.63) is 69.8 Å². The molecule has 1 saturated heterocycles. The van der Waals surface area contributed by atoms with Gasteiger partial charge in [-0.3, -0.25) is 9.59 Å². The molecular formula is C27H28N4O5S3. The minimum atomic E-state index is -3.60. The second-order valence-corrected chi connectivity index (χ2v) is 13.1. The highest BCUT2D eigenvalue weighted by Gasteiger charge is 2.26. The summed E-state index contributed by atoms with van der Waals surface area (Å²) in [7, 11) is -3.60. The number of hydrogen-bond acceptors (Lipinski definition) is 8. The summed E-state index contributed by atoms with van der Waals surface area (Å²) in [5.74, 6) is 0.150. The van der Waals surface area contributed by atoms with E-state index in [0.29, 0.717) is 53.3 Å². The average molecular weight is 585 g/mol. The number of fused-ring (bicyclic) bond motifs is 1. The molecule has 2 aromatic carbocycles. The fraction of sp³-hybridized carbons (Fsp3) is 0.296. The van der Waals surface area contributed by atoms with E-state index in [1.54, 1.807) is 12.1 Å². The molecule has 9 nitrogen and oxygen atoms in total. The fourth-order valence-electron chi connectivity index (χ4n) is 4.23. The van der Waals surface area contributed by atoms with Crippen LogP contribution in [0.2, 0.25) is 0 Å². The summed E-state index contributed by atoms with van der Waals surface area (Å²) in [6.07, 6.45) is 0. The molecule has 39 heavy (non-hydrogen) atoms. The monoisotopic (exact) mass is 584 g/mol. The molecule has 0 unspecified atom stereocenters. The third-order valence-electron chi connectivity index (χ3n) is 6.40. The summed E-state index contributed by atoms with van der Waals surface area (Å²) < 4.78 is 32.2. The Morgan fingerprint density at radius 3 is 2.49 bits per heavy atom. The zero-order valence-electron chi connectivity index (χ0n) is 21.5. The number of morpholine rings is 1. The number of rotatable bonds is 8. The lowest BCUT2D eigenvalue weighted by Gasteiger charge is -2.26. The van der Waals surface area contributed by atoms with E-state index in [1.165, 1.54) is 33.3 Å². The summed E-state index contributed by atoms with van der Waals surface area (Å²) in [5, 5.41) is 5.59. The number of nitrogens with one attached hydrogen (secondary N) is 2. The highest BCUT2D eigenvalue weighted by molar-refractivity contribution is 7.99. The Morgan fingerprint density at radius 2 is 1.82 bits per heavy atom. The summed E-state index contributed by atoms with van der Waals surface area (Å²) in [5.41, 5.74) is 3.26. The van der Waals surface area contributed by atoms with Gasteiger partial charge in [0.05, 0.1) is 29.2 Å². The van der Waals surface area contributed by atoms with Crippen molar-refractivity contribution in [3.8, 4) is 11.1 Å². The molecular weight excluding hydrogens is 557 g/mol. The van der Waals surface area contributed by atoms with Gasteiger partial charge in [-0.15, -0.1) is 11.3 Å². The number of anilines is 1. The topological polar surface area (TPSA) is 121 Å². The first-order valence-electron chi connectivity index (χ1n) is 12.4. The predicted octanol–water partition coefficient (Wildman–Crippen LogP) is 4.53. The van der Waals surface area contributed by atoms with Gasteiger partial charge in [-0.1, -0.05) is 49.9 Å². The SMILES string of the molecule is CC(C)c1ccc(-c2csc3nc(SCC(=O)Nc4ccc(S(=O)(=O)N5CCOCC5)cc4)[nH]c(=O)c23)cc1. The molecule has 0 spiro atoms. The number of aromatic amines is 1.